The van der Waals surface area contributed by atoms with E-state index in [2.05, 4.69) is 42.6 Å². The van der Waals surface area contributed by atoms with Gasteiger partial charge in [-0.1, -0.05) is 57.5 Å². The summed E-state index contributed by atoms with van der Waals surface area (Å²) in [6.45, 7) is 14.3. The summed E-state index contributed by atoms with van der Waals surface area (Å²) in [5.41, 5.74) is 2.36. The van der Waals surface area contributed by atoms with Gasteiger partial charge in [0.2, 0.25) is 10.0 Å². The minimum atomic E-state index is -3.57. The van der Waals surface area contributed by atoms with Crippen molar-refractivity contribution in [3.05, 3.63) is 65.2 Å². The number of nitrogens with zero attached hydrogens (tertiary/aromatic N) is 1. The SMILES string of the molecule is Cc1ccc(S(=O)(=O)NCc2ccc(C(=O)NCCN(CC(C)C)CC(C)C)cc2)cc1. The molecule has 0 saturated heterocycles. The van der Waals surface area contributed by atoms with E-state index in [0.717, 1.165) is 30.8 Å². The van der Waals surface area contributed by atoms with Crippen LogP contribution in [0.25, 0.3) is 0 Å². The zero-order valence-electron chi connectivity index (χ0n) is 19.9. The lowest BCUT2D eigenvalue weighted by Crippen LogP contribution is -2.38. The van der Waals surface area contributed by atoms with Gasteiger partial charge in [-0.15, -0.1) is 0 Å². The monoisotopic (exact) mass is 459 g/mol. The van der Waals surface area contributed by atoms with Crippen molar-refractivity contribution in [3.8, 4) is 0 Å². The first kappa shape index (κ1) is 26.0. The fourth-order valence-corrected chi connectivity index (χ4v) is 4.49. The number of aryl methyl sites for hydroxylation is 1. The smallest absolute Gasteiger partial charge is 0.251 e. The van der Waals surface area contributed by atoms with E-state index in [-0.39, 0.29) is 17.3 Å². The molecule has 176 valence electrons. The topological polar surface area (TPSA) is 78.5 Å². The zero-order chi connectivity index (χ0) is 23.7. The highest BCUT2D eigenvalue weighted by Crippen LogP contribution is 2.11. The molecule has 0 spiro atoms. The second-order valence-corrected chi connectivity index (χ2v) is 10.9. The summed E-state index contributed by atoms with van der Waals surface area (Å²) in [6, 6.07) is 13.7. The molecule has 0 radical (unpaired) electrons. The third-order valence-electron chi connectivity index (χ3n) is 4.97. The first-order valence-electron chi connectivity index (χ1n) is 11.2. The van der Waals surface area contributed by atoms with Crippen LogP contribution < -0.4 is 10.0 Å². The van der Waals surface area contributed by atoms with E-state index < -0.39 is 10.0 Å². The molecule has 1 amide bonds. The van der Waals surface area contributed by atoms with Crippen molar-refractivity contribution in [2.45, 2.75) is 46.1 Å². The Kier molecular flexibility index (Phi) is 9.87. The summed E-state index contributed by atoms with van der Waals surface area (Å²) in [4.78, 5) is 15.1. The Morgan fingerprint density at radius 2 is 1.47 bits per heavy atom. The van der Waals surface area contributed by atoms with Gasteiger partial charge in [-0.3, -0.25) is 4.79 Å². The van der Waals surface area contributed by atoms with Gasteiger partial charge in [-0.2, -0.15) is 0 Å². The normalized spacial score (nSPS) is 12.0. The van der Waals surface area contributed by atoms with Crippen LogP contribution in [0.5, 0.6) is 0 Å². The number of rotatable bonds is 12. The molecule has 2 rings (SSSR count). The van der Waals surface area contributed by atoms with Crippen LogP contribution in [0.4, 0.5) is 0 Å². The molecule has 0 bridgehead atoms. The molecule has 2 N–H and O–H groups in total. The van der Waals surface area contributed by atoms with Gasteiger partial charge < -0.3 is 10.2 Å². The van der Waals surface area contributed by atoms with Crippen LogP contribution in [0.3, 0.4) is 0 Å². The summed E-state index contributed by atoms with van der Waals surface area (Å²) in [6.07, 6.45) is 0. The highest BCUT2D eigenvalue weighted by Gasteiger charge is 2.14. The van der Waals surface area contributed by atoms with Crippen molar-refractivity contribution < 1.29 is 13.2 Å². The highest BCUT2D eigenvalue weighted by molar-refractivity contribution is 7.89. The Morgan fingerprint density at radius 3 is 2.00 bits per heavy atom. The summed E-state index contributed by atoms with van der Waals surface area (Å²) in [5, 5.41) is 2.99. The van der Waals surface area contributed by atoms with E-state index in [1.54, 1.807) is 48.5 Å². The second-order valence-electron chi connectivity index (χ2n) is 9.14. The van der Waals surface area contributed by atoms with Gasteiger partial charge in [-0.25, -0.2) is 13.1 Å². The number of hydrogen-bond acceptors (Lipinski definition) is 4. The van der Waals surface area contributed by atoms with Crippen molar-refractivity contribution in [2.24, 2.45) is 11.8 Å². The number of hydrogen-bond donors (Lipinski definition) is 2. The molecule has 0 aromatic heterocycles. The predicted molar refractivity (Wildman–Crippen MR) is 130 cm³/mol. The Labute approximate surface area is 193 Å². The average molecular weight is 460 g/mol. The van der Waals surface area contributed by atoms with E-state index in [1.807, 2.05) is 6.92 Å². The summed E-state index contributed by atoms with van der Waals surface area (Å²) in [5.74, 6) is 1.05. The van der Waals surface area contributed by atoms with Crippen molar-refractivity contribution in [3.63, 3.8) is 0 Å². The van der Waals surface area contributed by atoms with Gasteiger partial charge in [0.15, 0.2) is 0 Å². The second kappa shape index (κ2) is 12.1. The minimum absolute atomic E-state index is 0.120. The summed E-state index contributed by atoms with van der Waals surface area (Å²) < 4.78 is 27.4. The van der Waals surface area contributed by atoms with E-state index >= 15 is 0 Å². The van der Waals surface area contributed by atoms with Crippen molar-refractivity contribution in [2.75, 3.05) is 26.2 Å². The molecule has 7 heteroatoms. The van der Waals surface area contributed by atoms with Gasteiger partial charge in [-0.05, 0) is 48.6 Å². The van der Waals surface area contributed by atoms with Gasteiger partial charge in [0.1, 0.15) is 0 Å². The molecule has 0 fully saturated rings. The Bertz CT molecular complexity index is 943. The van der Waals surface area contributed by atoms with Crippen LogP contribution in [0.15, 0.2) is 53.4 Å². The van der Waals surface area contributed by atoms with Gasteiger partial charge in [0.05, 0.1) is 4.90 Å². The molecule has 2 aromatic carbocycles. The van der Waals surface area contributed by atoms with Crippen LogP contribution >= 0.6 is 0 Å². The largest absolute Gasteiger partial charge is 0.351 e. The van der Waals surface area contributed by atoms with E-state index in [1.165, 1.54) is 0 Å². The number of amides is 1. The number of nitrogens with one attached hydrogen (secondary N) is 2. The predicted octanol–water partition coefficient (Wildman–Crippen LogP) is 3.82. The lowest BCUT2D eigenvalue weighted by atomic mass is 10.1. The lowest BCUT2D eigenvalue weighted by molar-refractivity contribution is 0.0946. The molecular formula is C25H37N3O3S. The molecule has 0 aliphatic rings. The third-order valence-corrected chi connectivity index (χ3v) is 6.39. The molecule has 6 nitrogen and oxygen atoms in total. The maximum atomic E-state index is 12.5. The molecule has 0 aliphatic heterocycles. The Hall–Kier alpha value is -2.22. The van der Waals surface area contributed by atoms with Gasteiger partial charge in [0.25, 0.3) is 5.91 Å². The summed E-state index contributed by atoms with van der Waals surface area (Å²) >= 11 is 0. The first-order chi connectivity index (χ1) is 15.1. The minimum Gasteiger partial charge on any atom is -0.351 e. The summed E-state index contributed by atoms with van der Waals surface area (Å²) in [7, 11) is -3.57. The van der Waals surface area contributed by atoms with Crippen LogP contribution in [0.1, 0.15) is 49.2 Å². The van der Waals surface area contributed by atoms with Crippen molar-refractivity contribution in [1.29, 1.82) is 0 Å². The average Bonchev–Trinajstić information content (AvgIpc) is 2.72. The number of sulfonamides is 1. The maximum Gasteiger partial charge on any atom is 0.251 e. The third kappa shape index (κ3) is 8.73. The number of carbonyl (C=O) groups excluding carboxylic acids is 1. The Balaban J connectivity index is 1.85. The first-order valence-corrected chi connectivity index (χ1v) is 12.7. The van der Waals surface area contributed by atoms with Gasteiger partial charge >= 0.3 is 0 Å². The van der Waals surface area contributed by atoms with Crippen LogP contribution in [-0.2, 0) is 16.6 Å². The standard InChI is InChI=1S/C25H37N3O3S/c1-19(2)17-28(18-20(3)4)15-14-26-25(29)23-10-8-22(9-11-23)16-27-32(30,31)24-12-6-21(5)7-13-24/h6-13,19-20,27H,14-18H2,1-5H3,(H,26,29). The van der Waals surface area contributed by atoms with E-state index in [9.17, 15) is 13.2 Å². The molecule has 0 atom stereocenters. The van der Waals surface area contributed by atoms with Crippen LogP contribution in [0, 0.1) is 18.8 Å². The maximum absolute atomic E-state index is 12.5. The molecule has 32 heavy (non-hydrogen) atoms. The Morgan fingerprint density at radius 1 is 0.906 bits per heavy atom. The number of benzene rings is 2. The van der Waals surface area contributed by atoms with Crippen LogP contribution in [-0.4, -0.2) is 45.4 Å². The fourth-order valence-electron chi connectivity index (χ4n) is 3.47. The fraction of sp³-hybridized carbons (Fsp3) is 0.480. The molecular weight excluding hydrogens is 422 g/mol. The quantitative estimate of drug-likeness (QED) is 0.506. The molecule has 0 saturated carbocycles. The molecule has 0 unspecified atom stereocenters. The van der Waals surface area contributed by atoms with Crippen molar-refractivity contribution >= 4 is 15.9 Å². The van der Waals surface area contributed by atoms with Crippen molar-refractivity contribution in [1.82, 2.24) is 14.9 Å². The molecule has 0 aliphatic carbocycles. The molecule has 2 aromatic rings. The van der Waals surface area contributed by atoms with Gasteiger partial charge in [0, 0.05) is 38.3 Å². The number of carbonyl (C=O) groups is 1. The highest BCUT2D eigenvalue weighted by atomic mass is 32.2. The van der Waals surface area contributed by atoms with Crippen LogP contribution in [0.2, 0.25) is 0 Å². The lowest BCUT2D eigenvalue weighted by Gasteiger charge is -2.26. The zero-order valence-corrected chi connectivity index (χ0v) is 20.7. The van der Waals surface area contributed by atoms with E-state index in [0.29, 0.717) is 23.9 Å². The van der Waals surface area contributed by atoms with E-state index in [4.69, 9.17) is 0 Å². The molecule has 0 heterocycles.